The molecule has 2 heterocycles. The Morgan fingerprint density at radius 3 is 2.32 bits per heavy atom. The van der Waals surface area contributed by atoms with Gasteiger partial charge in [0, 0.05) is 43.1 Å². The SMILES string of the molecule is O=C(c1cccnc1Oc1ccccc1)N1CCN(c2ccc(Cl)cc2)CC1. The molecule has 1 amide bonds. The number of para-hydroxylation sites is 1. The number of piperazine rings is 1. The molecule has 0 N–H and O–H groups in total. The first-order chi connectivity index (χ1) is 13.7. The fourth-order valence-electron chi connectivity index (χ4n) is 3.23. The summed E-state index contributed by atoms with van der Waals surface area (Å²) in [6.07, 6.45) is 1.63. The maximum Gasteiger partial charge on any atom is 0.259 e. The van der Waals surface area contributed by atoms with Gasteiger partial charge in [-0.15, -0.1) is 0 Å². The summed E-state index contributed by atoms with van der Waals surface area (Å²) in [5.41, 5.74) is 1.59. The molecular weight excluding hydrogens is 374 g/mol. The average Bonchev–Trinajstić information content (AvgIpc) is 2.75. The molecule has 1 aliphatic heterocycles. The quantitative estimate of drug-likeness (QED) is 0.655. The molecule has 5 nitrogen and oxygen atoms in total. The second kappa shape index (κ2) is 8.31. The molecule has 0 radical (unpaired) electrons. The zero-order chi connectivity index (χ0) is 19.3. The number of benzene rings is 2. The van der Waals surface area contributed by atoms with E-state index in [-0.39, 0.29) is 5.91 Å². The number of carbonyl (C=O) groups excluding carboxylic acids is 1. The highest BCUT2D eigenvalue weighted by Gasteiger charge is 2.25. The summed E-state index contributed by atoms with van der Waals surface area (Å²) in [6, 6.07) is 20.7. The number of pyridine rings is 1. The Morgan fingerprint density at radius 1 is 0.893 bits per heavy atom. The van der Waals surface area contributed by atoms with E-state index in [2.05, 4.69) is 9.88 Å². The first kappa shape index (κ1) is 18.3. The van der Waals surface area contributed by atoms with Gasteiger partial charge in [0.1, 0.15) is 11.3 Å². The molecule has 1 saturated heterocycles. The molecule has 0 atom stereocenters. The van der Waals surface area contributed by atoms with Crippen LogP contribution in [-0.4, -0.2) is 42.0 Å². The minimum Gasteiger partial charge on any atom is -0.438 e. The molecule has 1 fully saturated rings. The Labute approximate surface area is 169 Å². The minimum absolute atomic E-state index is 0.0604. The van der Waals surface area contributed by atoms with E-state index in [1.165, 1.54) is 0 Å². The van der Waals surface area contributed by atoms with Crippen LogP contribution in [0.4, 0.5) is 5.69 Å². The van der Waals surface area contributed by atoms with Gasteiger partial charge in [-0.1, -0.05) is 29.8 Å². The van der Waals surface area contributed by atoms with Gasteiger partial charge < -0.3 is 14.5 Å². The van der Waals surface area contributed by atoms with Crippen molar-refractivity contribution in [3.63, 3.8) is 0 Å². The van der Waals surface area contributed by atoms with Crippen LogP contribution in [0.25, 0.3) is 0 Å². The van der Waals surface area contributed by atoms with Crippen molar-refractivity contribution in [1.29, 1.82) is 0 Å². The molecular formula is C22H20ClN3O2. The predicted molar refractivity (Wildman–Crippen MR) is 110 cm³/mol. The standard InChI is InChI=1S/C22H20ClN3O2/c23-17-8-10-18(11-9-17)25-13-15-26(16-14-25)22(27)20-7-4-12-24-21(20)28-19-5-2-1-3-6-19/h1-12H,13-16H2. The number of amides is 1. The van der Waals surface area contributed by atoms with Crippen molar-refractivity contribution in [2.75, 3.05) is 31.1 Å². The summed E-state index contributed by atoms with van der Waals surface area (Å²) in [5, 5.41) is 0.722. The van der Waals surface area contributed by atoms with E-state index in [9.17, 15) is 4.79 Å². The third-order valence-electron chi connectivity index (χ3n) is 4.72. The number of hydrogen-bond donors (Lipinski definition) is 0. The topological polar surface area (TPSA) is 45.7 Å². The summed E-state index contributed by atoms with van der Waals surface area (Å²) < 4.78 is 5.84. The summed E-state index contributed by atoms with van der Waals surface area (Å²) in [7, 11) is 0. The van der Waals surface area contributed by atoms with Gasteiger partial charge in [-0.3, -0.25) is 4.79 Å². The van der Waals surface area contributed by atoms with E-state index < -0.39 is 0 Å². The monoisotopic (exact) mass is 393 g/mol. The second-order valence-electron chi connectivity index (χ2n) is 6.53. The van der Waals surface area contributed by atoms with Crippen molar-refractivity contribution in [2.45, 2.75) is 0 Å². The highest BCUT2D eigenvalue weighted by atomic mass is 35.5. The van der Waals surface area contributed by atoms with Crippen molar-refractivity contribution >= 4 is 23.2 Å². The molecule has 6 heteroatoms. The Hall–Kier alpha value is -3.05. The first-order valence-electron chi connectivity index (χ1n) is 9.18. The first-order valence-corrected chi connectivity index (χ1v) is 9.56. The lowest BCUT2D eigenvalue weighted by molar-refractivity contribution is 0.0743. The number of nitrogens with zero attached hydrogens (tertiary/aromatic N) is 3. The van der Waals surface area contributed by atoms with Crippen LogP contribution < -0.4 is 9.64 Å². The van der Waals surface area contributed by atoms with Gasteiger partial charge in [0.25, 0.3) is 5.91 Å². The van der Waals surface area contributed by atoms with Crippen LogP contribution in [0.5, 0.6) is 11.6 Å². The number of rotatable bonds is 4. The number of aromatic nitrogens is 1. The van der Waals surface area contributed by atoms with Crippen LogP contribution in [0.15, 0.2) is 72.9 Å². The van der Waals surface area contributed by atoms with Gasteiger partial charge in [0.15, 0.2) is 0 Å². The third-order valence-corrected chi connectivity index (χ3v) is 4.97. The van der Waals surface area contributed by atoms with Gasteiger partial charge in [-0.2, -0.15) is 0 Å². The van der Waals surface area contributed by atoms with E-state index in [1.807, 2.05) is 59.5 Å². The van der Waals surface area contributed by atoms with E-state index in [4.69, 9.17) is 16.3 Å². The molecule has 0 aliphatic carbocycles. The number of ether oxygens (including phenoxy) is 1. The number of halogens is 1. The van der Waals surface area contributed by atoms with Gasteiger partial charge >= 0.3 is 0 Å². The number of anilines is 1. The van der Waals surface area contributed by atoms with Crippen molar-refractivity contribution in [1.82, 2.24) is 9.88 Å². The van der Waals surface area contributed by atoms with Crippen molar-refractivity contribution in [3.8, 4) is 11.6 Å². The zero-order valence-corrected chi connectivity index (χ0v) is 16.0. The Bertz CT molecular complexity index is 940. The fraction of sp³-hybridized carbons (Fsp3) is 0.182. The summed E-state index contributed by atoms with van der Waals surface area (Å²) in [6.45, 7) is 2.81. The Kier molecular flexibility index (Phi) is 5.44. The molecule has 4 rings (SSSR count). The van der Waals surface area contributed by atoms with Crippen LogP contribution in [0.1, 0.15) is 10.4 Å². The average molecular weight is 394 g/mol. The number of hydrogen-bond acceptors (Lipinski definition) is 4. The molecule has 28 heavy (non-hydrogen) atoms. The van der Waals surface area contributed by atoms with Crippen LogP contribution in [0, 0.1) is 0 Å². The molecule has 0 spiro atoms. The van der Waals surface area contributed by atoms with Crippen molar-refractivity contribution < 1.29 is 9.53 Å². The van der Waals surface area contributed by atoms with Crippen LogP contribution in [-0.2, 0) is 0 Å². The maximum atomic E-state index is 13.1. The highest BCUT2D eigenvalue weighted by Crippen LogP contribution is 2.25. The van der Waals surface area contributed by atoms with Gasteiger partial charge in [-0.05, 0) is 48.5 Å². The van der Waals surface area contributed by atoms with Crippen LogP contribution in [0.3, 0.4) is 0 Å². The Morgan fingerprint density at radius 2 is 1.61 bits per heavy atom. The van der Waals surface area contributed by atoms with Gasteiger partial charge in [0.2, 0.25) is 5.88 Å². The van der Waals surface area contributed by atoms with Gasteiger partial charge in [0.05, 0.1) is 0 Å². The molecule has 0 saturated carbocycles. The van der Waals surface area contributed by atoms with Crippen LogP contribution >= 0.6 is 11.6 Å². The zero-order valence-electron chi connectivity index (χ0n) is 15.3. The van der Waals surface area contributed by atoms with E-state index in [0.29, 0.717) is 30.3 Å². The molecule has 1 aliphatic rings. The van der Waals surface area contributed by atoms with E-state index in [0.717, 1.165) is 23.8 Å². The van der Waals surface area contributed by atoms with Crippen molar-refractivity contribution in [3.05, 3.63) is 83.5 Å². The fourth-order valence-corrected chi connectivity index (χ4v) is 3.35. The minimum atomic E-state index is -0.0604. The Balaban J connectivity index is 1.45. The number of carbonyl (C=O) groups is 1. The smallest absolute Gasteiger partial charge is 0.259 e. The molecule has 0 bridgehead atoms. The lowest BCUT2D eigenvalue weighted by Crippen LogP contribution is -2.48. The lowest BCUT2D eigenvalue weighted by Gasteiger charge is -2.36. The largest absolute Gasteiger partial charge is 0.438 e. The summed E-state index contributed by atoms with van der Waals surface area (Å²) in [5.74, 6) is 0.927. The predicted octanol–water partition coefficient (Wildman–Crippen LogP) is 4.49. The molecule has 0 unspecified atom stereocenters. The normalized spacial score (nSPS) is 14.0. The molecule has 2 aromatic carbocycles. The summed E-state index contributed by atoms with van der Waals surface area (Å²) >= 11 is 5.97. The molecule has 3 aromatic rings. The lowest BCUT2D eigenvalue weighted by atomic mass is 10.2. The van der Waals surface area contributed by atoms with E-state index in [1.54, 1.807) is 18.3 Å². The highest BCUT2D eigenvalue weighted by molar-refractivity contribution is 6.30. The molecule has 1 aromatic heterocycles. The third kappa shape index (κ3) is 4.10. The molecule has 142 valence electrons. The van der Waals surface area contributed by atoms with Crippen molar-refractivity contribution in [2.24, 2.45) is 0 Å². The van der Waals surface area contributed by atoms with Crippen LogP contribution in [0.2, 0.25) is 5.02 Å². The van der Waals surface area contributed by atoms with Gasteiger partial charge in [-0.25, -0.2) is 4.98 Å². The van der Waals surface area contributed by atoms with E-state index >= 15 is 0 Å². The summed E-state index contributed by atoms with van der Waals surface area (Å²) in [4.78, 5) is 21.4. The second-order valence-corrected chi connectivity index (χ2v) is 6.96. The maximum absolute atomic E-state index is 13.1.